The predicted molar refractivity (Wildman–Crippen MR) is 123 cm³/mol. The van der Waals surface area contributed by atoms with Crippen molar-refractivity contribution in [1.82, 2.24) is 16.0 Å². The number of nitrogens with one attached hydrogen (secondary N) is 4. The van der Waals surface area contributed by atoms with Crippen molar-refractivity contribution in [2.75, 3.05) is 25.0 Å². The van der Waals surface area contributed by atoms with Crippen LogP contribution in [0.15, 0.2) is 53.5 Å². The highest BCUT2D eigenvalue weighted by Crippen LogP contribution is 2.28. The average Bonchev–Trinajstić information content (AvgIpc) is 2.76. The van der Waals surface area contributed by atoms with E-state index in [1.165, 1.54) is 19.3 Å². The smallest absolute Gasteiger partial charge is 0.257 e. The van der Waals surface area contributed by atoms with E-state index < -0.39 is 0 Å². The fourth-order valence-electron chi connectivity index (χ4n) is 3.68. The Labute approximate surface area is 182 Å². The van der Waals surface area contributed by atoms with Gasteiger partial charge >= 0.3 is 0 Å². The van der Waals surface area contributed by atoms with Crippen molar-refractivity contribution in [1.29, 1.82) is 0 Å². The van der Waals surface area contributed by atoms with Crippen LogP contribution in [-0.2, 0) is 0 Å². The van der Waals surface area contributed by atoms with Crippen LogP contribution in [0.2, 0.25) is 0 Å². The Hall–Kier alpha value is -3.35. The van der Waals surface area contributed by atoms with Crippen molar-refractivity contribution in [2.45, 2.75) is 32.1 Å². The Kier molecular flexibility index (Phi) is 6.82. The Morgan fingerprint density at radius 3 is 2.52 bits per heavy atom. The van der Waals surface area contributed by atoms with Gasteiger partial charge in [-0.25, -0.2) is 0 Å². The zero-order valence-electron chi connectivity index (χ0n) is 17.6. The summed E-state index contributed by atoms with van der Waals surface area (Å²) in [5, 5.41) is 12.2. The summed E-state index contributed by atoms with van der Waals surface area (Å²) in [5.74, 6) is 1.07. The summed E-state index contributed by atoms with van der Waals surface area (Å²) in [5.41, 5.74) is 2.85. The maximum absolute atomic E-state index is 12.4. The van der Waals surface area contributed by atoms with Crippen molar-refractivity contribution in [3.63, 3.8) is 0 Å². The van der Waals surface area contributed by atoms with Crippen LogP contribution < -0.4 is 21.3 Å². The van der Waals surface area contributed by atoms with Crippen LogP contribution in [0.1, 0.15) is 52.8 Å². The van der Waals surface area contributed by atoms with Crippen LogP contribution in [0.25, 0.3) is 0 Å². The maximum atomic E-state index is 12.4. The zero-order valence-corrected chi connectivity index (χ0v) is 17.6. The van der Waals surface area contributed by atoms with Gasteiger partial charge in [-0.1, -0.05) is 25.3 Å². The molecule has 7 nitrogen and oxygen atoms in total. The highest BCUT2D eigenvalue weighted by Gasteiger charge is 2.17. The van der Waals surface area contributed by atoms with Crippen molar-refractivity contribution >= 4 is 29.1 Å². The number of aliphatic imine (C=N–C) groups is 1. The Morgan fingerprint density at radius 1 is 0.968 bits per heavy atom. The topological polar surface area (TPSA) is 94.6 Å². The van der Waals surface area contributed by atoms with Crippen molar-refractivity contribution in [3.8, 4) is 0 Å². The Balaban J connectivity index is 1.31. The molecule has 2 aliphatic rings. The molecule has 4 N–H and O–H groups in total. The van der Waals surface area contributed by atoms with Gasteiger partial charge in [-0.3, -0.25) is 19.9 Å². The molecular weight excluding hydrogens is 390 g/mol. The van der Waals surface area contributed by atoms with Crippen molar-refractivity contribution in [2.24, 2.45) is 10.9 Å². The first-order chi connectivity index (χ1) is 15.2. The maximum Gasteiger partial charge on any atom is 0.257 e. The van der Waals surface area contributed by atoms with E-state index >= 15 is 0 Å². The van der Waals surface area contributed by atoms with Gasteiger partial charge < -0.3 is 16.0 Å². The first-order valence-corrected chi connectivity index (χ1v) is 11.0. The standard InChI is InChI=1S/C24H29N5O2/c30-22(25-15-12-17-4-1-5-17)19-6-2-7-21(16-19)28-20-10-8-18(9-11-20)23(31)29-24-26-13-3-14-27-24/h2,6-11,16-17,28H,1,3-5,12-15H2,(H,25,30)(H2,26,27,29,31). The van der Waals surface area contributed by atoms with E-state index in [4.69, 9.17) is 0 Å². The Bertz CT molecular complexity index is 951. The molecule has 0 saturated heterocycles. The van der Waals surface area contributed by atoms with Gasteiger partial charge in [0.1, 0.15) is 0 Å². The number of hydrogen-bond donors (Lipinski definition) is 4. The quantitative estimate of drug-likeness (QED) is 0.553. The molecule has 7 heteroatoms. The fourth-order valence-corrected chi connectivity index (χ4v) is 3.68. The van der Waals surface area contributed by atoms with E-state index in [2.05, 4.69) is 26.3 Å². The second-order valence-corrected chi connectivity index (χ2v) is 8.09. The predicted octanol–water partition coefficient (Wildman–Crippen LogP) is 3.43. The van der Waals surface area contributed by atoms with Gasteiger partial charge in [0.25, 0.3) is 11.8 Å². The SMILES string of the molecule is O=C(NCCC1CCC1)c1cccc(Nc2ccc(C(=O)NC3=NCCCN3)cc2)c1. The van der Waals surface area contributed by atoms with E-state index in [0.29, 0.717) is 17.1 Å². The van der Waals surface area contributed by atoms with E-state index in [9.17, 15) is 9.59 Å². The number of benzene rings is 2. The van der Waals surface area contributed by atoms with E-state index in [-0.39, 0.29) is 11.8 Å². The normalized spacial score (nSPS) is 15.8. The molecule has 1 aliphatic carbocycles. The number of amides is 2. The van der Waals surface area contributed by atoms with Gasteiger partial charge in [0.15, 0.2) is 5.96 Å². The molecule has 0 atom stereocenters. The van der Waals surface area contributed by atoms with Crippen LogP contribution in [0, 0.1) is 5.92 Å². The minimum Gasteiger partial charge on any atom is -0.356 e. The lowest BCUT2D eigenvalue weighted by molar-refractivity contribution is 0.0946. The molecule has 0 aromatic heterocycles. The minimum atomic E-state index is -0.194. The van der Waals surface area contributed by atoms with Gasteiger partial charge in [-0.2, -0.15) is 0 Å². The molecule has 1 heterocycles. The largest absolute Gasteiger partial charge is 0.356 e. The minimum absolute atomic E-state index is 0.0470. The van der Waals surface area contributed by atoms with Crippen LogP contribution in [0.5, 0.6) is 0 Å². The van der Waals surface area contributed by atoms with E-state index in [1.807, 2.05) is 36.4 Å². The average molecular weight is 420 g/mol. The number of carbonyl (C=O) groups excluding carboxylic acids is 2. The first kappa shape index (κ1) is 20.9. The number of guanidine groups is 1. The third kappa shape index (κ3) is 5.84. The lowest BCUT2D eigenvalue weighted by Crippen LogP contribution is -2.43. The summed E-state index contributed by atoms with van der Waals surface area (Å²) in [6.45, 7) is 2.27. The molecule has 2 amide bonds. The molecule has 1 fully saturated rings. The second-order valence-electron chi connectivity index (χ2n) is 8.09. The highest BCUT2D eigenvalue weighted by molar-refractivity contribution is 6.06. The van der Waals surface area contributed by atoms with E-state index in [1.54, 1.807) is 12.1 Å². The van der Waals surface area contributed by atoms with Crippen molar-refractivity contribution in [3.05, 3.63) is 59.7 Å². The van der Waals surface area contributed by atoms with Crippen LogP contribution in [0.4, 0.5) is 11.4 Å². The van der Waals surface area contributed by atoms with Crippen LogP contribution in [0.3, 0.4) is 0 Å². The Morgan fingerprint density at radius 2 is 1.81 bits per heavy atom. The summed E-state index contributed by atoms with van der Waals surface area (Å²) < 4.78 is 0. The molecule has 162 valence electrons. The number of nitrogens with zero attached hydrogens (tertiary/aromatic N) is 1. The molecule has 31 heavy (non-hydrogen) atoms. The first-order valence-electron chi connectivity index (χ1n) is 11.0. The highest BCUT2D eigenvalue weighted by atomic mass is 16.2. The molecule has 1 saturated carbocycles. The molecule has 0 spiro atoms. The molecule has 2 aromatic carbocycles. The molecule has 1 aliphatic heterocycles. The molecular formula is C24H29N5O2. The lowest BCUT2D eigenvalue weighted by atomic mass is 9.83. The number of rotatable bonds is 7. The number of hydrogen-bond acceptors (Lipinski definition) is 5. The summed E-state index contributed by atoms with van der Waals surface area (Å²) in [4.78, 5) is 29.0. The molecule has 0 unspecified atom stereocenters. The summed E-state index contributed by atoms with van der Waals surface area (Å²) in [7, 11) is 0. The summed E-state index contributed by atoms with van der Waals surface area (Å²) >= 11 is 0. The number of carbonyl (C=O) groups is 2. The molecule has 0 bridgehead atoms. The molecule has 0 radical (unpaired) electrons. The van der Waals surface area contributed by atoms with Gasteiger partial charge in [-0.15, -0.1) is 0 Å². The monoisotopic (exact) mass is 419 g/mol. The molecule has 2 aromatic rings. The van der Waals surface area contributed by atoms with Crippen LogP contribution in [-0.4, -0.2) is 37.4 Å². The van der Waals surface area contributed by atoms with Gasteiger partial charge in [0, 0.05) is 42.1 Å². The number of anilines is 2. The summed E-state index contributed by atoms with van der Waals surface area (Å²) in [6.07, 6.45) is 5.95. The zero-order chi connectivity index (χ0) is 21.5. The third-order valence-electron chi connectivity index (χ3n) is 5.75. The fraction of sp³-hybridized carbons (Fsp3) is 0.375. The van der Waals surface area contributed by atoms with Crippen molar-refractivity contribution < 1.29 is 9.59 Å². The third-order valence-corrected chi connectivity index (χ3v) is 5.75. The second kappa shape index (κ2) is 10.1. The van der Waals surface area contributed by atoms with Gasteiger partial charge in [0.05, 0.1) is 0 Å². The summed E-state index contributed by atoms with van der Waals surface area (Å²) in [6, 6.07) is 14.6. The lowest BCUT2D eigenvalue weighted by Gasteiger charge is -2.25. The molecule has 4 rings (SSSR count). The van der Waals surface area contributed by atoms with Crippen LogP contribution >= 0.6 is 0 Å². The van der Waals surface area contributed by atoms with Gasteiger partial charge in [-0.05, 0) is 61.2 Å². The van der Waals surface area contributed by atoms with Gasteiger partial charge in [0.2, 0.25) is 0 Å². The van der Waals surface area contributed by atoms with E-state index in [0.717, 1.165) is 49.8 Å².